The SMILES string of the molecule is CCC(CC)OC(=O)[C@@H]1COC(C2(C3=N[C@H](C(=O)OC(CC)CC)CO3)CC2)=N1. The quantitative estimate of drug-likeness (QED) is 0.516. The number of aliphatic imine (C=N–C) groups is 2. The number of rotatable bonds is 10. The van der Waals surface area contributed by atoms with Gasteiger partial charge in [0.05, 0.1) is 0 Å². The van der Waals surface area contributed by atoms with Gasteiger partial charge in [0.1, 0.15) is 30.8 Å². The number of hydrogen-bond acceptors (Lipinski definition) is 8. The molecule has 0 aromatic heterocycles. The van der Waals surface area contributed by atoms with Crippen LogP contribution in [0.1, 0.15) is 66.2 Å². The normalized spacial score (nSPS) is 24.6. The molecule has 8 heteroatoms. The highest BCUT2D eigenvalue weighted by atomic mass is 16.6. The van der Waals surface area contributed by atoms with Crippen LogP contribution in [0.15, 0.2) is 9.98 Å². The molecule has 1 aliphatic carbocycles. The number of esters is 2. The summed E-state index contributed by atoms with van der Waals surface area (Å²) in [5, 5.41) is 0. The monoisotopic (exact) mass is 408 g/mol. The van der Waals surface area contributed by atoms with Crippen LogP contribution >= 0.6 is 0 Å². The van der Waals surface area contributed by atoms with Crippen LogP contribution in [-0.4, -0.2) is 61.2 Å². The zero-order valence-corrected chi connectivity index (χ0v) is 17.8. The smallest absolute Gasteiger partial charge is 0.334 e. The van der Waals surface area contributed by atoms with Gasteiger partial charge in [-0.25, -0.2) is 19.6 Å². The van der Waals surface area contributed by atoms with Gasteiger partial charge in [-0.05, 0) is 38.5 Å². The highest BCUT2D eigenvalue weighted by molar-refractivity contribution is 6.10. The van der Waals surface area contributed by atoms with Crippen LogP contribution in [0.2, 0.25) is 0 Å². The first-order valence-electron chi connectivity index (χ1n) is 10.8. The molecule has 8 nitrogen and oxygen atoms in total. The number of nitrogens with zero attached hydrogens (tertiary/aromatic N) is 2. The third kappa shape index (κ3) is 4.56. The highest BCUT2D eigenvalue weighted by Crippen LogP contribution is 2.51. The van der Waals surface area contributed by atoms with E-state index in [-0.39, 0.29) is 37.4 Å². The molecule has 162 valence electrons. The molecule has 0 aromatic carbocycles. The van der Waals surface area contributed by atoms with E-state index in [2.05, 4.69) is 9.98 Å². The molecule has 3 rings (SSSR count). The number of hydrogen-bond donors (Lipinski definition) is 0. The van der Waals surface area contributed by atoms with Crippen LogP contribution < -0.4 is 0 Å². The van der Waals surface area contributed by atoms with E-state index >= 15 is 0 Å². The molecule has 2 atom stereocenters. The Morgan fingerprint density at radius 1 is 0.862 bits per heavy atom. The second kappa shape index (κ2) is 9.13. The van der Waals surface area contributed by atoms with E-state index in [0.717, 1.165) is 38.5 Å². The average Bonchev–Trinajstić information content (AvgIpc) is 3.17. The van der Waals surface area contributed by atoms with Crippen molar-refractivity contribution in [2.75, 3.05) is 13.2 Å². The lowest BCUT2D eigenvalue weighted by molar-refractivity contribution is -0.152. The van der Waals surface area contributed by atoms with Crippen LogP contribution in [0.3, 0.4) is 0 Å². The topological polar surface area (TPSA) is 95.8 Å². The molecule has 0 saturated heterocycles. The summed E-state index contributed by atoms with van der Waals surface area (Å²) in [6.07, 6.45) is 4.44. The van der Waals surface area contributed by atoms with Crippen LogP contribution in [-0.2, 0) is 28.5 Å². The maximum atomic E-state index is 12.4. The summed E-state index contributed by atoms with van der Waals surface area (Å²) in [6, 6.07) is -1.30. The third-order valence-corrected chi connectivity index (χ3v) is 5.80. The Morgan fingerprint density at radius 2 is 1.24 bits per heavy atom. The molecule has 0 unspecified atom stereocenters. The summed E-state index contributed by atoms with van der Waals surface area (Å²) >= 11 is 0. The summed E-state index contributed by atoms with van der Waals surface area (Å²) in [4.78, 5) is 33.7. The van der Waals surface area contributed by atoms with Gasteiger partial charge in [0.15, 0.2) is 23.9 Å². The summed E-state index contributed by atoms with van der Waals surface area (Å²) in [7, 11) is 0. The first-order valence-corrected chi connectivity index (χ1v) is 10.8. The molecule has 3 aliphatic rings. The van der Waals surface area contributed by atoms with Crippen molar-refractivity contribution in [1.29, 1.82) is 0 Å². The second-order valence-corrected chi connectivity index (χ2v) is 7.85. The minimum atomic E-state index is -0.652. The fourth-order valence-corrected chi connectivity index (χ4v) is 3.55. The van der Waals surface area contributed by atoms with Gasteiger partial charge in [-0.2, -0.15) is 0 Å². The molecule has 29 heavy (non-hydrogen) atoms. The van der Waals surface area contributed by atoms with Crippen LogP contribution in [0.5, 0.6) is 0 Å². The molecular formula is C21H32N2O6. The molecule has 2 heterocycles. The van der Waals surface area contributed by atoms with E-state index in [1.807, 2.05) is 27.7 Å². The minimum absolute atomic E-state index is 0.0963. The minimum Gasteiger partial charge on any atom is -0.477 e. The second-order valence-electron chi connectivity index (χ2n) is 7.85. The van der Waals surface area contributed by atoms with Gasteiger partial charge in [0.2, 0.25) is 0 Å². The molecule has 1 fully saturated rings. The van der Waals surface area contributed by atoms with Crippen LogP contribution in [0.4, 0.5) is 0 Å². The molecule has 0 N–H and O–H groups in total. The summed E-state index contributed by atoms with van der Waals surface area (Å²) in [5.74, 6) is 0.226. The van der Waals surface area contributed by atoms with Gasteiger partial charge < -0.3 is 18.9 Å². The standard InChI is InChI=1S/C21H32N2O6/c1-5-13(6-2)28-17(24)15-11-26-19(22-15)21(9-10-21)20-23-16(12-27-20)18(25)29-14(7-3)8-4/h13-16H,5-12H2,1-4H3/t15-,16-/m0/s1. The third-order valence-electron chi connectivity index (χ3n) is 5.80. The Hall–Kier alpha value is -2.12. The van der Waals surface area contributed by atoms with E-state index in [0.29, 0.717) is 11.8 Å². The lowest BCUT2D eigenvalue weighted by atomic mass is 10.1. The van der Waals surface area contributed by atoms with Crippen molar-refractivity contribution in [3.8, 4) is 0 Å². The van der Waals surface area contributed by atoms with Crippen molar-refractivity contribution in [3.05, 3.63) is 0 Å². The van der Waals surface area contributed by atoms with Crippen LogP contribution in [0.25, 0.3) is 0 Å². The molecular weight excluding hydrogens is 376 g/mol. The van der Waals surface area contributed by atoms with Gasteiger partial charge in [0.25, 0.3) is 0 Å². The fraction of sp³-hybridized carbons (Fsp3) is 0.810. The predicted molar refractivity (Wildman–Crippen MR) is 107 cm³/mol. The Kier molecular flexibility index (Phi) is 6.80. The van der Waals surface area contributed by atoms with Crippen molar-refractivity contribution in [3.63, 3.8) is 0 Å². The Labute approximate surface area is 172 Å². The maximum absolute atomic E-state index is 12.4. The first kappa shape index (κ1) is 21.6. The zero-order valence-electron chi connectivity index (χ0n) is 17.8. The molecule has 0 amide bonds. The predicted octanol–water partition coefficient (Wildman–Crippen LogP) is 2.82. The summed E-state index contributed by atoms with van der Waals surface area (Å²) in [5.41, 5.74) is -0.548. The van der Waals surface area contributed by atoms with Crippen molar-refractivity contribution in [2.24, 2.45) is 15.4 Å². The van der Waals surface area contributed by atoms with E-state index in [1.165, 1.54) is 0 Å². The van der Waals surface area contributed by atoms with Crippen molar-refractivity contribution < 1.29 is 28.5 Å². The summed E-state index contributed by atoms with van der Waals surface area (Å²) < 4.78 is 22.5. The van der Waals surface area contributed by atoms with Gasteiger partial charge in [0, 0.05) is 0 Å². The lowest BCUT2D eigenvalue weighted by Crippen LogP contribution is -2.27. The number of ether oxygens (including phenoxy) is 4. The van der Waals surface area contributed by atoms with E-state index in [9.17, 15) is 9.59 Å². The largest absolute Gasteiger partial charge is 0.477 e. The Bertz CT molecular complexity index is 623. The zero-order chi connectivity index (χ0) is 21.0. The van der Waals surface area contributed by atoms with E-state index in [1.54, 1.807) is 0 Å². The maximum Gasteiger partial charge on any atom is 0.334 e. The van der Waals surface area contributed by atoms with Gasteiger partial charge in [-0.1, -0.05) is 27.7 Å². The Morgan fingerprint density at radius 3 is 1.55 bits per heavy atom. The van der Waals surface area contributed by atoms with Gasteiger partial charge >= 0.3 is 11.9 Å². The van der Waals surface area contributed by atoms with Crippen molar-refractivity contribution >= 4 is 23.7 Å². The van der Waals surface area contributed by atoms with E-state index in [4.69, 9.17) is 18.9 Å². The Balaban J connectivity index is 1.64. The van der Waals surface area contributed by atoms with Crippen molar-refractivity contribution in [1.82, 2.24) is 0 Å². The van der Waals surface area contributed by atoms with Gasteiger partial charge in [-0.3, -0.25) is 0 Å². The molecule has 1 saturated carbocycles. The highest BCUT2D eigenvalue weighted by Gasteiger charge is 2.59. The average molecular weight is 408 g/mol. The summed E-state index contributed by atoms with van der Waals surface area (Å²) in [6.45, 7) is 8.29. The van der Waals surface area contributed by atoms with Crippen LogP contribution in [0, 0.1) is 5.41 Å². The lowest BCUT2D eigenvalue weighted by Gasteiger charge is -2.15. The molecule has 0 spiro atoms. The number of carbonyl (C=O) groups excluding carboxylic acids is 2. The first-order chi connectivity index (χ1) is 14.0. The van der Waals surface area contributed by atoms with E-state index < -0.39 is 17.5 Å². The van der Waals surface area contributed by atoms with Crippen molar-refractivity contribution in [2.45, 2.75) is 90.5 Å². The fourth-order valence-electron chi connectivity index (χ4n) is 3.55. The number of carbonyl (C=O) groups is 2. The molecule has 2 aliphatic heterocycles. The molecule has 0 radical (unpaired) electrons. The van der Waals surface area contributed by atoms with Gasteiger partial charge in [-0.15, -0.1) is 0 Å². The molecule has 0 aromatic rings. The molecule has 0 bridgehead atoms.